The van der Waals surface area contributed by atoms with Crippen molar-refractivity contribution in [2.45, 2.75) is 6.92 Å². The fourth-order valence-corrected chi connectivity index (χ4v) is 1.36. The maximum absolute atomic E-state index is 13.5. The molecule has 0 radical (unpaired) electrons. The Morgan fingerprint density at radius 2 is 2.25 bits per heavy atom. The first kappa shape index (κ1) is 10.5. The Bertz CT molecular complexity index is 494. The summed E-state index contributed by atoms with van der Waals surface area (Å²) in [6.07, 6.45) is 4.44. The van der Waals surface area contributed by atoms with Gasteiger partial charge in [-0.3, -0.25) is 4.68 Å². The van der Waals surface area contributed by atoms with E-state index in [2.05, 4.69) is 20.4 Å². The smallest absolute Gasteiger partial charge is 0.223 e. The van der Waals surface area contributed by atoms with Crippen LogP contribution in [0.25, 0.3) is 11.3 Å². The number of rotatable bonds is 3. The number of hydrogen-bond acceptors (Lipinski definition) is 4. The first-order valence-corrected chi connectivity index (χ1v) is 4.96. The highest BCUT2D eigenvalue weighted by atomic mass is 19.1. The molecule has 16 heavy (non-hydrogen) atoms. The first-order valence-electron chi connectivity index (χ1n) is 4.96. The highest BCUT2D eigenvalue weighted by molar-refractivity contribution is 5.58. The quantitative estimate of drug-likeness (QED) is 0.852. The third-order valence-corrected chi connectivity index (χ3v) is 2.06. The summed E-state index contributed by atoms with van der Waals surface area (Å²) in [5, 5.41) is 6.91. The van der Waals surface area contributed by atoms with Gasteiger partial charge in [-0.2, -0.15) is 5.10 Å². The van der Waals surface area contributed by atoms with Crippen LogP contribution in [0.2, 0.25) is 0 Å². The number of aryl methyl sites for hydroxylation is 1. The van der Waals surface area contributed by atoms with Gasteiger partial charge in [0, 0.05) is 25.4 Å². The standard InChI is InChI=1S/C10H12FN5/c1-3-12-10-13-5-8(11)9(15-10)7-4-14-16(2)6-7/h4-6H,3H2,1-2H3,(H,12,13,15). The molecule has 0 aliphatic carbocycles. The number of hydrogen-bond donors (Lipinski definition) is 1. The van der Waals surface area contributed by atoms with Crippen LogP contribution >= 0.6 is 0 Å². The Labute approximate surface area is 92.3 Å². The van der Waals surface area contributed by atoms with Crippen molar-refractivity contribution in [1.29, 1.82) is 0 Å². The van der Waals surface area contributed by atoms with Crippen molar-refractivity contribution in [3.8, 4) is 11.3 Å². The van der Waals surface area contributed by atoms with E-state index in [9.17, 15) is 4.39 Å². The summed E-state index contributed by atoms with van der Waals surface area (Å²) in [4.78, 5) is 7.93. The highest BCUT2D eigenvalue weighted by Crippen LogP contribution is 2.19. The lowest BCUT2D eigenvalue weighted by molar-refractivity contribution is 0.618. The molecule has 2 rings (SSSR count). The molecule has 5 nitrogen and oxygen atoms in total. The Morgan fingerprint density at radius 3 is 2.88 bits per heavy atom. The molecule has 84 valence electrons. The molecule has 0 saturated carbocycles. The average Bonchev–Trinajstić information content (AvgIpc) is 2.68. The second kappa shape index (κ2) is 4.26. The Morgan fingerprint density at radius 1 is 1.44 bits per heavy atom. The van der Waals surface area contributed by atoms with Gasteiger partial charge in [0.2, 0.25) is 5.95 Å². The van der Waals surface area contributed by atoms with Crippen molar-refractivity contribution in [2.24, 2.45) is 7.05 Å². The van der Waals surface area contributed by atoms with Crippen molar-refractivity contribution < 1.29 is 4.39 Å². The van der Waals surface area contributed by atoms with E-state index in [0.717, 1.165) is 6.20 Å². The predicted octanol–water partition coefficient (Wildman–Crippen LogP) is 1.45. The molecule has 0 atom stereocenters. The van der Waals surface area contributed by atoms with Crippen LogP contribution in [-0.2, 0) is 7.05 Å². The van der Waals surface area contributed by atoms with Crippen LogP contribution in [0.5, 0.6) is 0 Å². The first-order chi connectivity index (χ1) is 7.70. The summed E-state index contributed by atoms with van der Waals surface area (Å²) in [5.74, 6) is -0.0302. The van der Waals surface area contributed by atoms with E-state index in [-0.39, 0.29) is 5.69 Å². The number of nitrogens with one attached hydrogen (secondary N) is 1. The summed E-state index contributed by atoms with van der Waals surface area (Å²) in [5.41, 5.74) is 0.903. The van der Waals surface area contributed by atoms with Crippen LogP contribution in [0, 0.1) is 5.82 Å². The van der Waals surface area contributed by atoms with Gasteiger partial charge in [-0.25, -0.2) is 14.4 Å². The van der Waals surface area contributed by atoms with E-state index < -0.39 is 5.82 Å². The summed E-state index contributed by atoms with van der Waals surface area (Å²) < 4.78 is 15.1. The summed E-state index contributed by atoms with van der Waals surface area (Å²) >= 11 is 0. The van der Waals surface area contributed by atoms with Gasteiger partial charge in [0.15, 0.2) is 5.82 Å². The fourth-order valence-electron chi connectivity index (χ4n) is 1.36. The molecule has 0 aliphatic rings. The SMILES string of the molecule is CCNc1ncc(F)c(-c2cnn(C)c2)n1. The van der Waals surface area contributed by atoms with Gasteiger partial charge in [-0.05, 0) is 6.92 Å². The van der Waals surface area contributed by atoms with Crippen LogP contribution < -0.4 is 5.32 Å². The van der Waals surface area contributed by atoms with Gasteiger partial charge in [0.25, 0.3) is 0 Å². The van der Waals surface area contributed by atoms with Crippen molar-refractivity contribution >= 4 is 5.95 Å². The minimum Gasteiger partial charge on any atom is -0.354 e. The molecule has 0 aromatic carbocycles. The van der Waals surface area contributed by atoms with Crippen LogP contribution in [-0.4, -0.2) is 26.3 Å². The summed E-state index contributed by atoms with van der Waals surface area (Å²) in [6.45, 7) is 2.62. The number of anilines is 1. The van der Waals surface area contributed by atoms with Gasteiger partial charge >= 0.3 is 0 Å². The number of halogens is 1. The largest absolute Gasteiger partial charge is 0.354 e. The van der Waals surface area contributed by atoms with Crippen molar-refractivity contribution in [2.75, 3.05) is 11.9 Å². The van der Waals surface area contributed by atoms with E-state index in [4.69, 9.17) is 0 Å². The topological polar surface area (TPSA) is 55.6 Å². The molecule has 0 fully saturated rings. The molecule has 0 aliphatic heterocycles. The van der Waals surface area contributed by atoms with Crippen LogP contribution in [0.1, 0.15) is 6.92 Å². The predicted molar refractivity (Wildman–Crippen MR) is 58.4 cm³/mol. The van der Waals surface area contributed by atoms with Gasteiger partial charge in [0.05, 0.1) is 12.4 Å². The van der Waals surface area contributed by atoms with E-state index in [0.29, 0.717) is 18.1 Å². The molecule has 2 aromatic rings. The third-order valence-electron chi connectivity index (χ3n) is 2.06. The summed E-state index contributed by atoms with van der Waals surface area (Å²) in [6, 6.07) is 0. The lowest BCUT2D eigenvalue weighted by Crippen LogP contribution is -2.03. The van der Waals surface area contributed by atoms with Crippen LogP contribution in [0.4, 0.5) is 10.3 Å². The van der Waals surface area contributed by atoms with Gasteiger partial charge < -0.3 is 5.32 Å². The van der Waals surface area contributed by atoms with Gasteiger partial charge in [-0.1, -0.05) is 0 Å². The lowest BCUT2D eigenvalue weighted by atomic mass is 10.2. The lowest BCUT2D eigenvalue weighted by Gasteiger charge is -2.03. The van der Waals surface area contributed by atoms with E-state index in [1.807, 2.05) is 6.92 Å². The van der Waals surface area contributed by atoms with Gasteiger partial charge in [-0.15, -0.1) is 0 Å². The number of nitrogens with zero attached hydrogens (tertiary/aromatic N) is 4. The molecule has 0 spiro atoms. The molecule has 0 bridgehead atoms. The van der Waals surface area contributed by atoms with Crippen LogP contribution in [0.3, 0.4) is 0 Å². The fraction of sp³-hybridized carbons (Fsp3) is 0.300. The minimum atomic E-state index is -0.449. The number of aromatic nitrogens is 4. The second-order valence-electron chi connectivity index (χ2n) is 3.32. The van der Waals surface area contributed by atoms with E-state index >= 15 is 0 Å². The summed E-state index contributed by atoms with van der Waals surface area (Å²) in [7, 11) is 1.77. The third kappa shape index (κ3) is 2.00. The zero-order valence-corrected chi connectivity index (χ0v) is 9.11. The maximum Gasteiger partial charge on any atom is 0.223 e. The second-order valence-corrected chi connectivity index (χ2v) is 3.32. The molecular formula is C10H12FN5. The van der Waals surface area contributed by atoms with E-state index in [1.165, 1.54) is 0 Å². The molecule has 1 N–H and O–H groups in total. The minimum absolute atomic E-state index is 0.263. The normalized spacial score (nSPS) is 10.4. The van der Waals surface area contributed by atoms with Crippen LogP contribution in [0.15, 0.2) is 18.6 Å². The van der Waals surface area contributed by atoms with Crippen molar-refractivity contribution in [3.05, 3.63) is 24.4 Å². The Hall–Kier alpha value is -1.98. The van der Waals surface area contributed by atoms with Gasteiger partial charge in [0.1, 0.15) is 5.69 Å². The molecular weight excluding hydrogens is 209 g/mol. The van der Waals surface area contributed by atoms with Crippen molar-refractivity contribution in [3.63, 3.8) is 0 Å². The Kier molecular flexibility index (Phi) is 2.80. The molecule has 2 aromatic heterocycles. The molecule has 0 saturated heterocycles. The van der Waals surface area contributed by atoms with Crippen molar-refractivity contribution in [1.82, 2.24) is 19.7 Å². The monoisotopic (exact) mass is 221 g/mol. The molecule has 0 unspecified atom stereocenters. The maximum atomic E-state index is 13.5. The molecule has 2 heterocycles. The molecule has 0 amide bonds. The van der Waals surface area contributed by atoms with E-state index in [1.54, 1.807) is 24.1 Å². The average molecular weight is 221 g/mol. The Balaban J connectivity index is 2.42. The zero-order valence-electron chi connectivity index (χ0n) is 9.11. The zero-order chi connectivity index (χ0) is 11.5. The molecule has 6 heteroatoms. The highest BCUT2D eigenvalue weighted by Gasteiger charge is 2.10.